The van der Waals surface area contributed by atoms with Crippen LogP contribution in [0.25, 0.3) is 0 Å². The maximum Gasteiger partial charge on any atom is 0.173 e. The van der Waals surface area contributed by atoms with E-state index in [9.17, 15) is 13.6 Å². The van der Waals surface area contributed by atoms with Gasteiger partial charge in [-0.1, -0.05) is 11.6 Å². The molecule has 5 heteroatoms. The molecule has 0 fully saturated rings. The molecule has 18 heavy (non-hydrogen) atoms. The average Bonchev–Trinajstić information content (AvgIpc) is 2.34. The van der Waals surface area contributed by atoms with Crippen LogP contribution < -0.4 is 4.74 Å². The number of carbonyl (C=O) groups is 1. The first-order valence-electron chi connectivity index (χ1n) is 4.98. The first-order valence-corrected chi connectivity index (χ1v) is 5.35. The van der Waals surface area contributed by atoms with Gasteiger partial charge >= 0.3 is 0 Å². The van der Waals surface area contributed by atoms with Crippen molar-refractivity contribution in [1.82, 2.24) is 0 Å². The first kappa shape index (κ1) is 12.5. The number of halogens is 3. The topological polar surface area (TPSA) is 26.3 Å². The number of hydrogen-bond donors (Lipinski definition) is 0. The van der Waals surface area contributed by atoms with Gasteiger partial charge in [-0.25, -0.2) is 8.78 Å². The van der Waals surface area contributed by atoms with Crippen molar-refractivity contribution in [3.63, 3.8) is 0 Å². The molecular formula is C13H7ClF2O2. The van der Waals surface area contributed by atoms with E-state index in [1.807, 2.05) is 0 Å². The molecule has 0 N–H and O–H groups in total. The van der Waals surface area contributed by atoms with E-state index in [0.717, 1.165) is 6.07 Å². The molecule has 0 spiro atoms. The molecule has 0 unspecified atom stereocenters. The van der Waals surface area contributed by atoms with Crippen LogP contribution in [-0.4, -0.2) is 6.29 Å². The monoisotopic (exact) mass is 268 g/mol. The Morgan fingerprint density at radius 2 is 1.78 bits per heavy atom. The van der Waals surface area contributed by atoms with E-state index in [2.05, 4.69) is 0 Å². The van der Waals surface area contributed by atoms with Gasteiger partial charge in [-0.05, 0) is 30.3 Å². The number of benzene rings is 2. The molecule has 0 radical (unpaired) electrons. The van der Waals surface area contributed by atoms with Crippen LogP contribution >= 0.6 is 11.6 Å². The van der Waals surface area contributed by atoms with Crippen LogP contribution in [0.1, 0.15) is 10.4 Å². The van der Waals surface area contributed by atoms with Crippen LogP contribution in [0.15, 0.2) is 36.4 Å². The van der Waals surface area contributed by atoms with Crippen molar-refractivity contribution in [2.24, 2.45) is 0 Å². The highest BCUT2D eigenvalue weighted by Gasteiger charge is 2.13. The summed E-state index contributed by atoms with van der Waals surface area (Å²) in [6.07, 6.45) is 0.331. The molecule has 0 saturated carbocycles. The fourth-order valence-corrected chi connectivity index (χ4v) is 1.52. The lowest BCUT2D eigenvalue weighted by Gasteiger charge is -2.09. The second kappa shape index (κ2) is 5.14. The molecule has 2 aromatic carbocycles. The van der Waals surface area contributed by atoms with Gasteiger partial charge in [-0.3, -0.25) is 4.79 Å². The van der Waals surface area contributed by atoms with E-state index in [4.69, 9.17) is 16.3 Å². The normalized spacial score (nSPS) is 10.2. The second-order valence-electron chi connectivity index (χ2n) is 3.48. The third-order valence-electron chi connectivity index (χ3n) is 2.20. The maximum atomic E-state index is 13.5. The predicted octanol–water partition coefficient (Wildman–Crippen LogP) is 4.22. The fraction of sp³-hybridized carbons (Fsp3) is 0. The summed E-state index contributed by atoms with van der Waals surface area (Å²) >= 11 is 5.69. The Morgan fingerprint density at radius 3 is 2.39 bits per heavy atom. The quantitative estimate of drug-likeness (QED) is 0.779. The minimum absolute atomic E-state index is 0.192. The van der Waals surface area contributed by atoms with E-state index in [1.165, 1.54) is 12.1 Å². The Kier molecular flexibility index (Phi) is 3.58. The molecule has 0 aliphatic rings. The molecule has 0 aliphatic carbocycles. The van der Waals surface area contributed by atoms with Gasteiger partial charge in [0, 0.05) is 11.1 Å². The maximum absolute atomic E-state index is 13.5. The van der Waals surface area contributed by atoms with Crippen LogP contribution in [0.2, 0.25) is 5.02 Å². The van der Waals surface area contributed by atoms with Crippen LogP contribution in [0.3, 0.4) is 0 Å². The summed E-state index contributed by atoms with van der Waals surface area (Å²) in [7, 11) is 0. The molecular weight excluding hydrogens is 262 g/mol. The lowest BCUT2D eigenvalue weighted by Crippen LogP contribution is -1.95. The van der Waals surface area contributed by atoms with Gasteiger partial charge in [0.1, 0.15) is 11.6 Å². The van der Waals surface area contributed by atoms with Gasteiger partial charge < -0.3 is 4.74 Å². The standard InChI is InChI=1S/C13H7ClF2O2/c14-9-1-3-11(4-2-9)18-13-8(7-17)5-10(15)6-12(13)16/h1-7H. The Labute approximate surface area is 107 Å². The number of hydrogen-bond acceptors (Lipinski definition) is 2. The van der Waals surface area contributed by atoms with Gasteiger partial charge in [-0.2, -0.15) is 0 Å². The van der Waals surface area contributed by atoms with E-state index in [-0.39, 0.29) is 11.3 Å². The van der Waals surface area contributed by atoms with Crippen LogP contribution in [-0.2, 0) is 0 Å². The van der Waals surface area contributed by atoms with Crippen molar-refractivity contribution in [2.75, 3.05) is 0 Å². The Balaban J connectivity index is 2.39. The Hall–Kier alpha value is -1.94. The lowest BCUT2D eigenvalue weighted by atomic mass is 10.2. The lowest BCUT2D eigenvalue weighted by molar-refractivity contribution is 0.112. The molecule has 0 atom stereocenters. The van der Waals surface area contributed by atoms with Crippen molar-refractivity contribution in [3.8, 4) is 11.5 Å². The number of carbonyl (C=O) groups excluding carboxylic acids is 1. The van der Waals surface area contributed by atoms with Crippen LogP contribution in [0.5, 0.6) is 11.5 Å². The number of ether oxygens (including phenoxy) is 1. The third kappa shape index (κ3) is 2.65. The van der Waals surface area contributed by atoms with Crippen molar-refractivity contribution in [2.45, 2.75) is 0 Å². The summed E-state index contributed by atoms with van der Waals surface area (Å²) in [6, 6.07) is 7.69. The summed E-state index contributed by atoms with van der Waals surface area (Å²) in [5.41, 5.74) is -0.192. The van der Waals surface area contributed by atoms with Crippen molar-refractivity contribution in [1.29, 1.82) is 0 Å². The van der Waals surface area contributed by atoms with Crippen molar-refractivity contribution < 1.29 is 18.3 Å². The van der Waals surface area contributed by atoms with Crippen LogP contribution in [0.4, 0.5) is 8.78 Å². The summed E-state index contributed by atoms with van der Waals surface area (Å²) in [4.78, 5) is 10.7. The molecule has 0 aliphatic heterocycles. The summed E-state index contributed by atoms with van der Waals surface area (Å²) in [5.74, 6) is -1.79. The molecule has 92 valence electrons. The van der Waals surface area contributed by atoms with Crippen molar-refractivity contribution in [3.05, 3.63) is 58.6 Å². The average molecular weight is 269 g/mol. The molecule has 0 bridgehead atoms. The highest BCUT2D eigenvalue weighted by Crippen LogP contribution is 2.29. The minimum Gasteiger partial charge on any atom is -0.454 e. The van der Waals surface area contributed by atoms with Gasteiger partial charge in [0.15, 0.2) is 17.9 Å². The molecule has 0 aromatic heterocycles. The zero-order valence-electron chi connectivity index (χ0n) is 8.99. The predicted molar refractivity (Wildman–Crippen MR) is 63.3 cm³/mol. The molecule has 2 nitrogen and oxygen atoms in total. The second-order valence-corrected chi connectivity index (χ2v) is 3.92. The SMILES string of the molecule is O=Cc1cc(F)cc(F)c1Oc1ccc(Cl)cc1. The molecule has 0 saturated heterocycles. The van der Waals surface area contributed by atoms with Gasteiger partial charge in [-0.15, -0.1) is 0 Å². The third-order valence-corrected chi connectivity index (χ3v) is 2.45. The molecule has 0 amide bonds. The van der Waals surface area contributed by atoms with Gasteiger partial charge in [0.25, 0.3) is 0 Å². The zero-order valence-corrected chi connectivity index (χ0v) is 9.75. The Bertz CT molecular complexity index is 582. The molecule has 2 rings (SSSR count). The van der Waals surface area contributed by atoms with Crippen molar-refractivity contribution >= 4 is 17.9 Å². The largest absolute Gasteiger partial charge is 0.454 e. The summed E-state index contributed by atoms with van der Waals surface area (Å²) < 4.78 is 31.6. The fourth-order valence-electron chi connectivity index (χ4n) is 1.40. The first-order chi connectivity index (χ1) is 8.60. The van der Waals surface area contributed by atoms with E-state index < -0.39 is 11.6 Å². The minimum atomic E-state index is -0.938. The van der Waals surface area contributed by atoms with Gasteiger partial charge in [0.05, 0.1) is 5.56 Å². The summed E-state index contributed by atoms with van der Waals surface area (Å²) in [5, 5.41) is 0.498. The number of rotatable bonds is 3. The van der Waals surface area contributed by atoms with E-state index >= 15 is 0 Å². The van der Waals surface area contributed by atoms with E-state index in [0.29, 0.717) is 23.1 Å². The van der Waals surface area contributed by atoms with E-state index in [1.54, 1.807) is 12.1 Å². The summed E-state index contributed by atoms with van der Waals surface area (Å²) in [6.45, 7) is 0. The zero-order chi connectivity index (χ0) is 13.1. The number of aldehydes is 1. The smallest absolute Gasteiger partial charge is 0.173 e. The molecule has 2 aromatic rings. The highest BCUT2D eigenvalue weighted by molar-refractivity contribution is 6.30. The van der Waals surface area contributed by atoms with Crippen LogP contribution in [0, 0.1) is 11.6 Å². The highest BCUT2D eigenvalue weighted by atomic mass is 35.5. The molecule has 0 heterocycles. The van der Waals surface area contributed by atoms with Gasteiger partial charge in [0.2, 0.25) is 0 Å². The Morgan fingerprint density at radius 1 is 1.11 bits per heavy atom.